The molecule has 1 atom stereocenters. The van der Waals surface area contributed by atoms with Crippen LogP contribution in [0.2, 0.25) is 0 Å². The Hall–Kier alpha value is -2.12. The van der Waals surface area contributed by atoms with Crippen molar-refractivity contribution in [3.8, 4) is 10.8 Å². The van der Waals surface area contributed by atoms with Crippen LogP contribution in [0.25, 0.3) is 10.8 Å². The van der Waals surface area contributed by atoms with E-state index in [-0.39, 0.29) is 11.2 Å². The highest BCUT2D eigenvalue weighted by Gasteiger charge is 2.29. The first kappa shape index (κ1) is 15.4. The Bertz CT molecular complexity index is 860. The van der Waals surface area contributed by atoms with Gasteiger partial charge in [0.25, 0.3) is 11.1 Å². The average Bonchev–Trinajstić information content (AvgIpc) is 3.33. The molecule has 7 heteroatoms. The fourth-order valence-electron chi connectivity index (χ4n) is 2.75. The van der Waals surface area contributed by atoms with Crippen molar-refractivity contribution in [2.24, 2.45) is 0 Å². The lowest BCUT2D eigenvalue weighted by Gasteiger charge is -2.20. The lowest BCUT2D eigenvalue weighted by atomic mass is 10.2. The van der Waals surface area contributed by atoms with Crippen LogP contribution in [0.1, 0.15) is 12.5 Å². The van der Waals surface area contributed by atoms with Gasteiger partial charge in [0.2, 0.25) is 5.91 Å². The van der Waals surface area contributed by atoms with Crippen molar-refractivity contribution < 1.29 is 9.21 Å². The molecule has 0 N–H and O–H groups in total. The molecule has 1 aliphatic heterocycles. The predicted octanol–water partition coefficient (Wildman–Crippen LogP) is 3.87. The van der Waals surface area contributed by atoms with E-state index in [1.807, 2.05) is 47.5 Å². The zero-order valence-corrected chi connectivity index (χ0v) is 14.6. The first-order valence-electron chi connectivity index (χ1n) is 7.65. The van der Waals surface area contributed by atoms with Gasteiger partial charge >= 0.3 is 0 Å². The normalized spacial score (nSPS) is 14.6. The monoisotopic (exact) mass is 357 g/mol. The van der Waals surface area contributed by atoms with Crippen LogP contribution >= 0.6 is 23.1 Å². The third kappa shape index (κ3) is 2.85. The number of aromatic nitrogens is 2. The standard InChI is InChI=1S/C17H15N3O2S2/c1-11(16(21)20-9-8-12-5-2-3-6-13(12)20)24-17-19-18-15(22-17)14-7-4-10-23-14/h2-7,10-11H,8-9H2,1H3. The molecule has 0 bridgehead atoms. The second kappa shape index (κ2) is 6.41. The van der Waals surface area contributed by atoms with Gasteiger partial charge in [-0.15, -0.1) is 21.5 Å². The van der Waals surface area contributed by atoms with Gasteiger partial charge in [-0.25, -0.2) is 0 Å². The highest BCUT2D eigenvalue weighted by molar-refractivity contribution is 8.00. The molecule has 3 aromatic rings. The minimum Gasteiger partial charge on any atom is -0.410 e. The van der Waals surface area contributed by atoms with E-state index in [2.05, 4.69) is 16.3 Å². The molecule has 4 rings (SSSR count). The second-order valence-electron chi connectivity index (χ2n) is 5.48. The molecule has 122 valence electrons. The molecule has 24 heavy (non-hydrogen) atoms. The number of amides is 1. The van der Waals surface area contributed by atoms with E-state index in [0.717, 1.165) is 23.5 Å². The number of para-hydroxylation sites is 1. The molecule has 0 saturated carbocycles. The number of anilines is 1. The topological polar surface area (TPSA) is 59.2 Å². The summed E-state index contributed by atoms with van der Waals surface area (Å²) in [5.74, 6) is 0.569. The van der Waals surface area contributed by atoms with Crippen molar-refractivity contribution in [1.82, 2.24) is 10.2 Å². The van der Waals surface area contributed by atoms with E-state index in [1.54, 1.807) is 11.3 Å². The predicted molar refractivity (Wildman–Crippen MR) is 95.4 cm³/mol. The van der Waals surface area contributed by atoms with Gasteiger partial charge in [0.05, 0.1) is 10.1 Å². The molecule has 0 spiro atoms. The molecule has 0 fully saturated rings. The van der Waals surface area contributed by atoms with Crippen molar-refractivity contribution in [2.45, 2.75) is 23.8 Å². The highest BCUT2D eigenvalue weighted by Crippen LogP contribution is 2.32. The van der Waals surface area contributed by atoms with Crippen LogP contribution in [-0.4, -0.2) is 27.9 Å². The van der Waals surface area contributed by atoms with Crippen LogP contribution in [0.5, 0.6) is 0 Å². The molecular weight excluding hydrogens is 342 g/mol. The fourth-order valence-corrected chi connectivity index (χ4v) is 4.14. The molecule has 0 saturated heterocycles. The number of rotatable bonds is 4. The molecule has 3 heterocycles. The summed E-state index contributed by atoms with van der Waals surface area (Å²) >= 11 is 2.85. The summed E-state index contributed by atoms with van der Waals surface area (Å²) in [5, 5.41) is 10.2. The summed E-state index contributed by atoms with van der Waals surface area (Å²) in [6.07, 6.45) is 0.905. The molecule has 1 aliphatic rings. The fraction of sp³-hybridized carbons (Fsp3) is 0.235. The van der Waals surface area contributed by atoms with Crippen molar-refractivity contribution in [1.29, 1.82) is 0 Å². The molecular formula is C17H15N3O2S2. The first-order chi connectivity index (χ1) is 11.7. The Morgan fingerprint density at radius 2 is 2.17 bits per heavy atom. The van der Waals surface area contributed by atoms with E-state index in [0.29, 0.717) is 11.1 Å². The van der Waals surface area contributed by atoms with Gasteiger partial charge in [0.1, 0.15) is 0 Å². The molecule has 0 aliphatic carbocycles. The number of carbonyl (C=O) groups excluding carboxylic acids is 1. The maximum Gasteiger partial charge on any atom is 0.277 e. The Morgan fingerprint density at radius 3 is 3.00 bits per heavy atom. The lowest BCUT2D eigenvalue weighted by Crippen LogP contribution is -2.35. The molecule has 1 aromatic carbocycles. The number of hydrogen-bond acceptors (Lipinski definition) is 6. The van der Waals surface area contributed by atoms with Gasteiger partial charge in [-0.05, 0) is 36.4 Å². The zero-order valence-electron chi connectivity index (χ0n) is 13.0. The van der Waals surface area contributed by atoms with E-state index in [1.165, 1.54) is 17.3 Å². The number of thiophene rings is 1. The van der Waals surface area contributed by atoms with Crippen LogP contribution in [0, 0.1) is 0 Å². The van der Waals surface area contributed by atoms with Crippen LogP contribution in [0.15, 0.2) is 51.4 Å². The molecule has 5 nitrogen and oxygen atoms in total. The molecule has 0 radical (unpaired) electrons. The summed E-state index contributed by atoms with van der Waals surface area (Å²) in [7, 11) is 0. The number of carbonyl (C=O) groups is 1. The van der Waals surface area contributed by atoms with Gasteiger partial charge in [-0.1, -0.05) is 36.0 Å². The zero-order chi connectivity index (χ0) is 16.5. The summed E-state index contributed by atoms with van der Waals surface area (Å²) in [6, 6.07) is 11.9. The number of thioether (sulfide) groups is 1. The lowest BCUT2D eigenvalue weighted by molar-refractivity contribution is -0.117. The van der Waals surface area contributed by atoms with Crippen LogP contribution in [-0.2, 0) is 11.2 Å². The van der Waals surface area contributed by atoms with E-state index in [4.69, 9.17) is 4.42 Å². The van der Waals surface area contributed by atoms with Gasteiger partial charge in [0.15, 0.2) is 0 Å². The number of fused-ring (bicyclic) bond motifs is 1. The maximum atomic E-state index is 12.8. The van der Waals surface area contributed by atoms with Gasteiger partial charge in [-0.3, -0.25) is 4.79 Å². The van der Waals surface area contributed by atoms with Crippen molar-refractivity contribution in [3.05, 3.63) is 47.3 Å². The summed E-state index contributed by atoms with van der Waals surface area (Å²) in [5.41, 5.74) is 2.24. The first-order valence-corrected chi connectivity index (χ1v) is 9.41. The Balaban J connectivity index is 1.47. The van der Waals surface area contributed by atoms with E-state index >= 15 is 0 Å². The smallest absolute Gasteiger partial charge is 0.277 e. The molecule has 1 amide bonds. The minimum absolute atomic E-state index is 0.0702. The quantitative estimate of drug-likeness (QED) is 0.664. The van der Waals surface area contributed by atoms with Gasteiger partial charge in [0, 0.05) is 12.2 Å². The number of benzene rings is 1. The van der Waals surface area contributed by atoms with E-state index < -0.39 is 0 Å². The highest BCUT2D eigenvalue weighted by atomic mass is 32.2. The van der Waals surface area contributed by atoms with Crippen LogP contribution < -0.4 is 4.90 Å². The van der Waals surface area contributed by atoms with Crippen molar-refractivity contribution >= 4 is 34.7 Å². The molecule has 1 unspecified atom stereocenters. The van der Waals surface area contributed by atoms with Crippen molar-refractivity contribution in [2.75, 3.05) is 11.4 Å². The SMILES string of the molecule is CC(Sc1nnc(-c2cccs2)o1)C(=O)N1CCc2ccccc21. The van der Waals surface area contributed by atoms with Crippen molar-refractivity contribution in [3.63, 3.8) is 0 Å². The maximum absolute atomic E-state index is 12.8. The van der Waals surface area contributed by atoms with Gasteiger partial charge < -0.3 is 9.32 Å². The largest absolute Gasteiger partial charge is 0.410 e. The summed E-state index contributed by atoms with van der Waals surface area (Å²) in [6.45, 7) is 2.61. The Morgan fingerprint density at radius 1 is 1.29 bits per heavy atom. The Kier molecular flexibility index (Phi) is 4.12. The summed E-state index contributed by atoms with van der Waals surface area (Å²) < 4.78 is 5.66. The van der Waals surface area contributed by atoms with E-state index in [9.17, 15) is 4.79 Å². The van der Waals surface area contributed by atoms with Gasteiger partial charge in [-0.2, -0.15) is 0 Å². The van der Waals surface area contributed by atoms with Crippen LogP contribution in [0.4, 0.5) is 5.69 Å². The second-order valence-corrected chi connectivity index (χ2v) is 7.72. The summed E-state index contributed by atoms with van der Waals surface area (Å²) in [4.78, 5) is 15.5. The molecule has 2 aromatic heterocycles. The van der Waals surface area contributed by atoms with Crippen LogP contribution in [0.3, 0.4) is 0 Å². The minimum atomic E-state index is -0.284. The number of hydrogen-bond donors (Lipinski definition) is 0. The third-order valence-electron chi connectivity index (χ3n) is 3.92. The Labute approximate surface area is 147 Å². The number of nitrogens with zero attached hydrogens (tertiary/aromatic N) is 3. The average molecular weight is 357 g/mol. The third-order valence-corrected chi connectivity index (χ3v) is 5.70.